The summed E-state index contributed by atoms with van der Waals surface area (Å²) in [5, 5.41) is 13.4. The molecule has 1 saturated heterocycles. The van der Waals surface area contributed by atoms with E-state index in [0.717, 1.165) is 37.4 Å². The second kappa shape index (κ2) is 7.84. The number of nitrogens with one attached hydrogen (secondary N) is 1. The molecule has 8 nitrogen and oxygen atoms in total. The lowest BCUT2D eigenvalue weighted by molar-refractivity contribution is 0.0697. The number of carboxylic acid groups (broad SMARTS) is 1. The molecule has 1 amide bonds. The van der Waals surface area contributed by atoms with Gasteiger partial charge >= 0.3 is 5.97 Å². The van der Waals surface area contributed by atoms with Crippen LogP contribution in [-0.2, 0) is 0 Å². The van der Waals surface area contributed by atoms with Crippen molar-refractivity contribution in [3.63, 3.8) is 0 Å². The highest BCUT2D eigenvalue weighted by molar-refractivity contribution is 6.05. The zero-order chi connectivity index (χ0) is 20.4. The summed E-state index contributed by atoms with van der Waals surface area (Å²) in [6.45, 7) is 3.65. The molecule has 1 fully saturated rings. The van der Waals surface area contributed by atoms with E-state index in [0.29, 0.717) is 16.8 Å². The van der Waals surface area contributed by atoms with E-state index in [-0.39, 0.29) is 11.5 Å². The maximum absolute atomic E-state index is 12.7. The minimum atomic E-state index is -0.998. The molecule has 1 aromatic carbocycles. The van der Waals surface area contributed by atoms with Gasteiger partial charge in [0.05, 0.1) is 5.56 Å². The van der Waals surface area contributed by atoms with Gasteiger partial charge in [0.2, 0.25) is 0 Å². The molecule has 3 heterocycles. The van der Waals surface area contributed by atoms with Gasteiger partial charge in [-0.25, -0.2) is 14.8 Å². The van der Waals surface area contributed by atoms with E-state index >= 15 is 0 Å². The molecule has 0 saturated carbocycles. The summed E-state index contributed by atoms with van der Waals surface area (Å²) in [4.78, 5) is 37.0. The number of nitrogens with zero attached hydrogens (tertiary/aromatic N) is 4. The van der Waals surface area contributed by atoms with Crippen molar-refractivity contribution in [3.05, 3.63) is 59.9 Å². The molecule has 1 aliphatic heterocycles. The fraction of sp³-hybridized carbons (Fsp3) is 0.238. The Hall–Kier alpha value is -3.52. The van der Waals surface area contributed by atoms with Gasteiger partial charge in [0.1, 0.15) is 11.6 Å². The maximum Gasteiger partial charge on any atom is 0.335 e. The Kier molecular flexibility index (Phi) is 5.09. The standard InChI is InChI=1S/C21H21N5O3/c1-25-6-8-26(9-7-25)19-12-14(4-5-22-19)20(27)24-18-11-17-10-15(21(28)29)2-3-16(17)13-23-18/h2-5,10-13H,6-9H2,1H3,(H,28,29)(H,23,24,27). The summed E-state index contributed by atoms with van der Waals surface area (Å²) in [6, 6.07) is 9.90. The first kappa shape index (κ1) is 18.8. The van der Waals surface area contributed by atoms with Crippen LogP contribution in [0.4, 0.5) is 11.6 Å². The van der Waals surface area contributed by atoms with Crippen LogP contribution in [0.2, 0.25) is 0 Å². The first-order chi connectivity index (χ1) is 14.0. The molecule has 2 N–H and O–H groups in total. The fourth-order valence-electron chi connectivity index (χ4n) is 3.30. The number of hydrogen-bond acceptors (Lipinski definition) is 6. The lowest BCUT2D eigenvalue weighted by Gasteiger charge is -2.33. The van der Waals surface area contributed by atoms with Crippen molar-refractivity contribution in [2.75, 3.05) is 43.4 Å². The highest BCUT2D eigenvalue weighted by Crippen LogP contribution is 2.20. The average Bonchev–Trinajstić information content (AvgIpc) is 2.73. The number of benzene rings is 1. The number of carbonyl (C=O) groups is 2. The molecule has 0 aliphatic carbocycles. The summed E-state index contributed by atoms with van der Waals surface area (Å²) >= 11 is 0. The largest absolute Gasteiger partial charge is 0.478 e. The average molecular weight is 391 g/mol. The first-order valence-electron chi connectivity index (χ1n) is 9.33. The fourth-order valence-corrected chi connectivity index (χ4v) is 3.30. The number of carbonyl (C=O) groups excluding carboxylic acids is 1. The van der Waals surface area contributed by atoms with Gasteiger partial charge in [-0.05, 0) is 42.8 Å². The van der Waals surface area contributed by atoms with Gasteiger partial charge in [0.25, 0.3) is 5.91 Å². The number of piperazine rings is 1. The molecule has 0 bridgehead atoms. The third-order valence-corrected chi connectivity index (χ3v) is 5.05. The third kappa shape index (κ3) is 4.17. The van der Waals surface area contributed by atoms with Gasteiger partial charge in [-0.1, -0.05) is 6.07 Å². The minimum Gasteiger partial charge on any atom is -0.478 e. The van der Waals surface area contributed by atoms with Gasteiger partial charge in [0.15, 0.2) is 0 Å². The van der Waals surface area contributed by atoms with E-state index in [4.69, 9.17) is 5.11 Å². The highest BCUT2D eigenvalue weighted by atomic mass is 16.4. The molecule has 2 aromatic heterocycles. The lowest BCUT2D eigenvalue weighted by atomic mass is 10.1. The Morgan fingerprint density at radius 2 is 1.76 bits per heavy atom. The van der Waals surface area contributed by atoms with E-state index in [2.05, 4.69) is 32.1 Å². The molecule has 0 unspecified atom stereocenters. The number of amides is 1. The topological polar surface area (TPSA) is 98.7 Å². The Balaban J connectivity index is 1.53. The molecule has 4 rings (SSSR count). The number of carboxylic acids is 1. The summed E-state index contributed by atoms with van der Waals surface area (Å²) < 4.78 is 0. The smallest absolute Gasteiger partial charge is 0.335 e. The van der Waals surface area contributed by atoms with Gasteiger partial charge < -0.3 is 20.2 Å². The van der Waals surface area contributed by atoms with Crippen LogP contribution >= 0.6 is 0 Å². The quantitative estimate of drug-likeness (QED) is 0.704. The van der Waals surface area contributed by atoms with Crippen LogP contribution in [0.3, 0.4) is 0 Å². The van der Waals surface area contributed by atoms with Crippen molar-refractivity contribution in [2.45, 2.75) is 0 Å². The van der Waals surface area contributed by atoms with Gasteiger partial charge in [-0.3, -0.25) is 4.79 Å². The Labute approximate surface area is 167 Å². The zero-order valence-electron chi connectivity index (χ0n) is 16.0. The zero-order valence-corrected chi connectivity index (χ0v) is 16.0. The second-order valence-corrected chi connectivity index (χ2v) is 7.08. The van der Waals surface area contributed by atoms with Crippen LogP contribution in [-0.4, -0.2) is 65.1 Å². The number of fused-ring (bicyclic) bond motifs is 1. The summed E-state index contributed by atoms with van der Waals surface area (Å²) in [5.41, 5.74) is 0.682. The number of likely N-dealkylation sites (N-methyl/N-ethyl adjacent to an activating group) is 1. The van der Waals surface area contributed by atoms with Gasteiger partial charge in [-0.15, -0.1) is 0 Å². The molecule has 29 heavy (non-hydrogen) atoms. The SMILES string of the molecule is CN1CCN(c2cc(C(=O)Nc3cc4cc(C(=O)O)ccc4cn3)ccn2)CC1. The van der Waals surface area contributed by atoms with Gasteiger partial charge in [-0.2, -0.15) is 0 Å². The van der Waals surface area contributed by atoms with Crippen molar-refractivity contribution in [1.29, 1.82) is 0 Å². The number of rotatable bonds is 4. The number of pyridine rings is 2. The Morgan fingerprint density at radius 1 is 0.966 bits per heavy atom. The monoisotopic (exact) mass is 391 g/mol. The highest BCUT2D eigenvalue weighted by Gasteiger charge is 2.17. The number of hydrogen-bond donors (Lipinski definition) is 2. The predicted molar refractivity (Wildman–Crippen MR) is 111 cm³/mol. The molecule has 0 spiro atoms. The van der Waals surface area contributed by atoms with Crippen LogP contribution in [0, 0.1) is 0 Å². The molecule has 3 aromatic rings. The van der Waals surface area contributed by atoms with Crippen molar-refractivity contribution < 1.29 is 14.7 Å². The Bertz CT molecular complexity index is 1080. The number of aromatic carboxylic acids is 1. The summed E-state index contributed by atoms with van der Waals surface area (Å²) in [5.74, 6) is -0.141. The second-order valence-electron chi connectivity index (χ2n) is 7.08. The molecule has 0 radical (unpaired) electrons. The van der Waals surface area contributed by atoms with E-state index in [1.54, 1.807) is 42.7 Å². The van der Waals surface area contributed by atoms with Crippen molar-refractivity contribution in [2.24, 2.45) is 0 Å². The van der Waals surface area contributed by atoms with E-state index in [1.807, 2.05) is 0 Å². The molecular formula is C21H21N5O3. The minimum absolute atomic E-state index is 0.187. The van der Waals surface area contributed by atoms with Crippen LogP contribution in [0.5, 0.6) is 0 Å². The molecule has 148 valence electrons. The molecule has 0 atom stereocenters. The van der Waals surface area contributed by atoms with E-state index < -0.39 is 5.97 Å². The first-order valence-corrected chi connectivity index (χ1v) is 9.33. The van der Waals surface area contributed by atoms with Crippen molar-refractivity contribution in [1.82, 2.24) is 14.9 Å². The maximum atomic E-state index is 12.7. The van der Waals surface area contributed by atoms with Gasteiger partial charge in [0, 0.05) is 49.5 Å². The van der Waals surface area contributed by atoms with E-state index in [1.165, 1.54) is 6.07 Å². The normalized spacial score (nSPS) is 14.7. The molecular weight excluding hydrogens is 370 g/mol. The third-order valence-electron chi connectivity index (χ3n) is 5.05. The molecule has 8 heteroatoms. The summed E-state index contributed by atoms with van der Waals surface area (Å²) in [7, 11) is 2.09. The van der Waals surface area contributed by atoms with Crippen molar-refractivity contribution in [3.8, 4) is 0 Å². The van der Waals surface area contributed by atoms with Crippen LogP contribution < -0.4 is 10.2 Å². The molecule has 1 aliphatic rings. The van der Waals surface area contributed by atoms with Crippen LogP contribution in [0.25, 0.3) is 10.8 Å². The van der Waals surface area contributed by atoms with Crippen LogP contribution in [0.1, 0.15) is 20.7 Å². The Morgan fingerprint density at radius 3 is 2.52 bits per heavy atom. The van der Waals surface area contributed by atoms with Crippen molar-refractivity contribution >= 4 is 34.3 Å². The predicted octanol–water partition coefficient (Wildman–Crippen LogP) is 2.33. The van der Waals surface area contributed by atoms with E-state index in [9.17, 15) is 9.59 Å². The number of aromatic nitrogens is 2. The summed E-state index contributed by atoms with van der Waals surface area (Å²) in [6.07, 6.45) is 3.24. The lowest BCUT2D eigenvalue weighted by Crippen LogP contribution is -2.44. The van der Waals surface area contributed by atoms with Crippen LogP contribution in [0.15, 0.2) is 48.8 Å². The number of anilines is 2.